The maximum Gasteiger partial charge on any atom is 0.201 e. The normalized spacial score (nSPS) is 17.4. The van der Waals surface area contributed by atoms with Crippen molar-refractivity contribution >= 4 is 0 Å². The van der Waals surface area contributed by atoms with Crippen LogP contribution < -0.4 is 4.74 Å². The minimum absolute atomic E-state index is 0.0919. The lowest BCUT2D eigenvalue weighted by atomic mass is 9.78. The van der Waals surface area contributed by atoms with Crippen LogP contribution in [0.4, 0.5) is 17.6 Å². The van der Waals surface area contributed by atoms with E-state index in [1.165, 1.54) is 35.4 Å². The van der Waals surface area contributed by atoms with Gasteiger partial charge in [-0.05, 0) is 92.0 Å². The first-order valence-corrected chi connectivity index (χ1v) is 14.8. The zero-order valence-electron chi connectivity index (χ0n) is 23.6. The fourth-order valence-electron chi connectivity index (χ4n) is 5.59. The Morgan fingerprint density at radius 3 is 1.98 bits per heavy atom. The molecule has 0 bridgehead atoms. The van der Waals surface area contributed by atoms with Crippen LogP contribution in [0.5, 0.6) is 5.75 Å². The van der Waals surface area contributed by atoms with Gasteiger partial charge in [-0.15, -0.1) is 0 Å². The lowest BCUT2D eigenvalue weighted by molar-refractivity contribution is 0.289. The summed E-state index contributed by atoms with van der Waals surface area (Å²) in [4.78, 5) is 0. The average molecular weight is 553 g/mol. The molecule has 0 saturated heterocycles. The van der Waals surface area contributed by atoms with E-state index in [2.05, 4.69) is 43.3 Å². The van der Waals surface area contributed by atoms with Crippen LogP contribution in [0, 0.1) is 29.2 Å². The van der Waals surface area contributed by atoms with E-state index in [0.717, 1.165) is 57.8 Å². The minimum atomic E-state index is -1.24. The van der Waals surface area contributed by atoms with Gasteiger partial charge in [-0.3, -0.25) is 0 Å². The summed E-state index contributed by atoms with van der Waals surface area (Å²) in [5.41, 5.74) is 2.44. The fourth-order valence-corrected chi connectivity index (χ4v) is 5.59. The van der Waals surface area contributed by atoms with Gasteiger partial charge < -0.3 is 4.74 Å². The lowest BCUT2D eigenvalue weighted by Crippen LogP contribution is -2.14. The molecule has 1 aliphatic rings. The van der Waals surface area contributed by atoms with E-state index in [0.29, 0.717) is 17.9 Å². The number of aryl methyl sites for hydroxylation is 2. The van der Waals surface area contributed by atoms with Gasteiger partial charge in [0.25, 0.3) is 0 Å². The molecule has 0 unspecified atom stereocenters. The summed E-state index contributed by atoms with van der Waals surface area (Å²) < 4.78 is 64.9. The molecule has 0 N–H and O–H groups in total. The summed E-state index contributed by atoms with van der Waals surface area (Å²) >= 11 is 0. The largest absolute Gasteiger partial charge is 0.490 e. The Labute approximate surface area is 236 Å². The van der Waals surface area contributed by atoms with Gasteiger partial charge in [0.1, 0.15) is 0 Å². The predicted octanol–water partition coefficient (Wildman–Crippen LogP) is 10.5. The van der Waals surface area contributed by atoms with E-state index < -0.39 is 23.3 Å². The highest BCUT2D eigenvalue weighted by molar-refractivity contribution is 5.66. The zero-order valence-corrected chi connectivity index (χ0v) is 23.6. The minimum Gasteiger partial charge on any atom is -0.490 e. The van der Waals surface area contributed by atoms with Crippen LogP contribution in [-0.4, -0.2) is 6.61 Å². The molecule has 0 aliphatic heterocycles. The van der Waals surface area contributed by atoms with Crippen LogP contribution in [0.1, 0.15) is 87.8 Å². The zero-order chi connectivity index (χ0) is 28.5. The van der Waals surface area contributed by atoms with Crippen molar-refractivity contribution in [3.63, 3.8) is 0 Å². The number of rotatable bonds is 12. The van der Waals surface area contributed by atoms with Crippen LogP contribution in [0.3, 0.4) is 0 Å². The molecular weight excluding hydrogens is 512 g/mol. The highest BCUT2D eigenvalue weighted by Gasteiger charge is 2.27. The van der Waals surface area contributed by atoms with Crippen LogP contribution in [-0.2, 0) is 12.8 Å². The quantitative estimate of drug-likeness (QED) is 0.123. The maximum absolute atomic E-state index is 15.2. The molecule has 1 nitrogen and oxygen atoms in total. The molecule has 4 rings (SSSR count). The van der Waals surface area contributed by atoms with Crippen molar-refractivity contribution in [1.29, 1.82) is 0 Å². The number of hydrogen-bond acceptors (Lipinski definition) is 1. The Hall–Kier alpha value is -3.08. The molecule has 0 amide bonds. The van der Waals surface area contributed by atoms with Crippen molar-refractivity contribution in [2.24, 2.45) is 5.92 Å². The van der Waals surface area contributed by atoms with Crippen molar-refractivity contribution in [1.82, 2.24) is 0 Å². The summed E-state index contributed by atoms with van der Waals surface area (Å²) in [7, 11) is 0. The topological polar surface area (TPSA) is 9.23 Å². The second-order valence-corrected chi connectivity index (χ2v) is 10.9. The van der Waals surface area contributed by atoms with E-state index in [-0.39, 0.29) is 29.4 Å². The van der Waals surface area contributed by atoms with Crippen molar-refractivity contribution in [3.05, 3.63) is 101 Å². The third-order valence-electron chi connectivity index (χ3n) is 7.99. The molecular formula is C35H40F4O. The van der Waals surface area contributed by atoms with Crippen molar-refractivity contribution in [2.45, 2.75) is 84.0 Å². The summed E-state index contributed by atoms with van der Waals surface area (Å²) in [5.74, 6) is -4.41. The number of benzene rings is 3. The highest BCUT2D eigenvalue weighted by atomic mass is 19.2. The molecule has 1 saturated carbocycles. The van der Waals surface area contributed by atoms with E-state index in [4.69, 9.17) is 4.74 Å². The summed E-state index contributed by atoms with van der Waals surface area (Å²) in [6, 6.07) is 14.3. The first-order chi connectivity index (χ1) is 19.4. The van der Waals surface area contributed by atoms with Crippen LogP contribution in [0.15, 0.2) is 60.7 Å². The molecule has 3 aromatic rings. The average Bonchev–Trinajstić information content (AvgIpc) is 2.97. The molecule has 0 radical (unpaired) electrons. The molecule has 1 aliphatic carbocycles. The maximum atomic E-state index is 15.2. The van der Waals surface area contributed by atoms with Gasteiger partial charge in [0.2, 0.25) is 5.82 Å². The molecule has 214 valence electrons. The predicted molar refractivity (Wildman–Crippen MR) is 155 cm³/mol. The molecule has 0 aromatic heterocycles. The van der Waals surface area contributed by atoms with Gasteiger partial charge in [-0.25, -0.2) is 13.2 Å². The fraction of sp³-hybridized carbons (Fsp3) is 0.429. The van der Waals surface area contributed by atoms with E-state index in [1.54, 1.807) is 0 Å². The number of halogens is 4. The summed E-state index contributed by atoms with van der Waals surface area (Å²) in [5, 5.41) is 0. The Bertz CT molecular complexity index is 1270. The summed E-state index contributed by atoms with van der Waals surface area (Å²) in [6.07, 6.45) is 13.7. The number of allylic oxidation sites excluding steroid dienone is 2. The Kier molecular flexibility index (Phi) is 10.9. The molecule has 0 atom stereocenters. The van der Waals surface area contributed by atoms with Crippen molar-refractivity contribution < 1.29 is 22.3 Å². The third-order valence-corrected chi connectivity index (χ3v) is 7.99. The first-order valence-electron chi connectivity index (χ1n) is 14.8. The second kappa shape index (κ2) is 14.5. The van der Waals surface area contributed by atoms with Crippen molar-refractivity contribution in [3.8, 4) is 16.9 Å². The smallest absolute Gasteiger partial charge is 0.201 e. The molecule has 1 fully saturated rings. The molecule has 0 spiro atoms. The van der Waals surface area contributed by atoms with Gasteiger partial charge in [0, 0.05) is 11.1 Å². The lowest BCUT2D eigenvalue weighted by Gasteiger charge is -2.27. The van der Waals surface area contributed by atoms with Gasteiger partial charge in [0.15, 0.2) is 23.2 Å². The van der Waals surface area contributed by atoms with E-state index >= 15 is 8.78 Å². The third kappa shape index (κ3) is 7.35. The Morgan fingerprint density at radius 1 is 0.700 bits per heavy atom. The standard InChI is InChI=1S/C35H40F4O/c1-3-5-23-40-31-22-21-30(34(38)35(31)39)29-20-19-28(32(36)33(29)37)27-17-15-26(16-18-27)10-7-6-9-25-13-11-24(8-4-2)12-14-25/h7,10-14,19-22,26-27H,3-6,8-9,15-18,23H2,1-2H3/b10-7+. The first kappa shape index (κ1) is 29.9. The Morgan fingerprint density at radius 2 is 1.32 bits per heavy atom. The van der Waals surface area contributed by atoms with Gasteiger partial charge in [-0.2, -0.15) is 4.39 Å². The van der Waals surface area contributed by atoms with Crippen LogP contribution >= 0.6 is 0 Å². The van der Waals surface area contributed by atoms with Gasteiger partial charge in [-0.1, -0.05) is 75.2 Å². The van der Waals surface area contributed by atoms with Gasteiger partial charge in [0.05, 0.1) is 6.61 Å². The van der Waals surface area contributed by atoms with E-state index in [9.17, 15) is 8.78 Å². The molecule has 40 heavy (non-hydrogen) atoms. The monoisotopic (exact) mass is 552 g/mol. The van der Waals surface area contributed by atoms with E-state index in [1.807, 2.05) is 6.92 Å². The number of unbranched alkanes of at least 4 members (excludes halogenated alkanes) is 1. The van der Waals surface area contributed by atoms with Crippen LogP contribution in [0.25, 0.3) is 11.1 Å². The molecule has 5 heteroatoms. The number of ether oxygens (including phenoxy) is 1. The van der Waals surface area contributed by atoms with Gasteiger partial charge >= 0.3 is 0 Å². The Balaban J connectivity index is 1.33. The second-order valence-electron chi connectivity index (χ2n) is 10.9. The SMILES string of the molecule is CCCCOc1ccc(-c2ccc(C3CCC(/C=C/CCc4ccc(CCC)cc4)CC3)c(F)c2F)c(F)c1F. The van der Waals surface area contributed by atoms with Crippen LogP contribution in [0.2, 0.25) is 0 Å². The number of hydrogen-bond donors (Lipinski definition) is 0. The molecule has 3 aromatic carbocycles. The molecule has 0 heterocycles. The summed E-state index contributed by atoms with van der Waals surface area (Å²) in [6.45, 7) is 4.41. The van der Waals surface area contributed by atoms with Crippen molar-refractivity contribution in [2.75, 3.05) is 6.61 Å². The highest BCUT2D eigenvalue weighted by Crippen LogP contribution is 2.40.